The first-order chi connectivity index (χ1) is 9.56. The second kappa shape index (κ2) is 6.26. The van der Waals surface area contributed by atoms with Crippen molar-refractivity contribution >= 4 is 29.2 Å². The third-order valence-electron chi connectivity index (χ3n) is 2.51. The van der Waals surface area contributed by atoms with Crippen molar-refractivity contribution < 1.29 is 18.7 Å². The summed E-state index contributed by atoms with van der Waals surface area (Å²) in [6.07, 6.45) is 0. The molecule has 0 aliphatic carbocycles. The zero-order chi connectivity index (χ0) is 14.7. The molecule has 0 bridgehead atoms. The number of ether oxygens (including phenoxy) is 2. The Kier molecular flexibility index (Phi) is 4.65. The highest BCUT2D eigenvalue weighted by molar-refractivity contribution is 6.35. The Hall–Kier alpha value is -1.56. The third-order valence-corrected chi connectivity index (χ3v) is 3.07. The fourth-order valence-corrected chi connectivity index (χ4v) is 1.99. The first-order valence-electron chi connectivity index (χ1n) is 5.59. The Balaban J connectivity index is 2.52. The van der Waals surface area contributed by atoms with Gasteiger partial charge in [-0.25, -0.2) is 9.78 Å². The van der Waals surface area contributed by atoms with Crippen molar-refractivity contribution in [2.45, 2.75) is 6.61 Å². The van der Waals surface area contributed by atoms with Crippen LogP contribution in [-0.2, 0) is 16.1 Å². The van der Waals surface area contributed by atoms with Crippen LogP contribution < -0.4 is 0 Å². The molecule has 7 heteroatoms. The van der Waals surface area contributed by atoms with E-state index in [1.54, 1.807) is 18.2 Å². The summed E-state index contributed by atoms with van der Waals surface area (Å²) in [5, 5.41) is 0.895. The number of carbonyl (C=O) groups is 1. The van der Waals surface area contributed by atoms with E-state index in [-0.39, 0.29) is 18.3 Å². The van der Waals surface area contributed by atoms with Crippen LogP contribution in [0.3, 0.4) is 0 Å². The van der Waals surface area contributed by atoms with Gasteiger partial charge in [-0.1, -0.05) is 23.2 Å². The van der Waals surface area contributed by atoms with Crippen LogP contribution in [0.5, 0.6) is 0 Å². The fourth-order valence-electron chi connectivity index (χ4n) is 1.62. The molecule has 1 aromatic heterocycles. The lowest BCUT2D eigenvalue weighted by molar-refractivity contribution is 0.0559. The zero-order valence-electron chi connectivity index (χ0n) is 10.8. The van der Waals surface area contributed by atoms with E-state index in [0.29, 0.717) is 21.3 Å². The van der Waals surface area contributed by atoms with Gasteiger partial charge >= 0.3 is 5.97 Å². The standard InChI is InChI=1S/C13H11Cl2NO4/c1-18-6-10-11(13(17)19-2)20-12(16-10)8-5-7(14)3-4-9(8)15/h3-5H,6H2,1-2H3. The Morgan fingerprint density at radius 3 is 2.75 bits per heavy atom. The number of rotatable bonds is 4. The SMILES string of the molecule is COCc1nc(-c2cc(Cl)ccc2Cl)oc1C(=O)OC. The molecule has 0 aliphatic heterocycles. The summed E-state index contributed by atoms with van der Waals surface area (Å²) < 4.78 is 15.0. The molecule has 0 amide bonds. The van der Waals surface area contributed by atoms with Crippen LogP contribution in [0.25, 0.3) is 11.5 Å². The van der Waals surface area contributed by atoms with E-state index >= 15 is 0 Å². The van der Waals surface area contributed by atoms with Crippen molar-refractivity contribution in [1.82, 2.24) is 4.98 Å². The minimum Gasteiger partial charge on any atom is -0.463 e. The number of carbonyl (C=O) groups excluding carboxylic acids is 1. The van der Waals surface area contributed by atoms with Crippen molar-refractivity contribution in [2.75, 3.05) is 14.2 Å². The van der Waals surface area contributed by atoms with E-state index in [4.69, 9.17) is 32.4 Å². The summed E-state index contributed by atoms with van der Waals surface area (Å²) in [7, 11) is 2.75. The highest BCUT2D eigenvalue weighted by Crippen LogP contribution is 2.31. The van der Waals surface area contributed by atoms with Crippen LogP contribution in [0.2, 0.25) is 10.0 Å². The average Bonchev–Trinajstić information content (AvgIpc) is 2.85. The minimum atomic E-state index is -0.631. The van der Waals surface area contributed by atoms with Gasteiger partial charge in [0.1, 0.15) is 5.69 Å². The number of halogens is 2. The number of hydrogen-bond donors (Lipinski definition) is 0. The van der Waals surface area contributed by atoms with Gasteiger partial charge in [0.25, 0.3) is 0 Å². The summed E-state index contributed by atoms with van der Waals surface area (Å²) in [5.74, 6) is -0.459. The normalized spacial score (nSPS) is 10.6. The van der Waals surface area contributed by atoms with E-state index < -0.39 is 5.97 Å². The maximum atomic E-state index is 11.6. The monoisotopic (exact) mass is 315 g/mol. The second-order valence-electron chi connectivity index (χ2n) is 3.84. The number of aromatic nitrogens is 1. The van der Waals surface area contributed by atoms with Crippen LogP contribution in [0.1, 0.15) is 16.2 Å². The molecular weight excluding hydrogens is 305 g/mol. The first-order valence-corrected chi connectivity index (χ1v) is 6.34. The van der Waals surface area contributed by atoms with Crippen LogP contribution in [0.15, 0.2) is 22.6 Å². The lowest BCUT2D eigenvalue weighted by Crippen LogP contribution is -2.04. The molecule has 1 aromatic carbocycles. The fraction of sp³-hybridized carbons (Fsp3) is 0.231. The maximum Gasteiger partial charge on any atom is 0.376 e. The van der Waals surface area contributed by atoms with E-state index in [1.807, 2.05) is 0 Å². The van der Waals surface area contributed by atoms with Crippen LogP contribution in [-0.4, -0.2) is 25.2 Å². The maximum absolute atomic E-state index is 11.6. The molecule has 0 aliphatic rings. The molecular formula is C13H11Cl2NO4. The zero-order valence-corrected chi connectivity index (χ0v) is 12.3. The lowest BCUT2D eigenvalue weighted by Gasteiger charge is -1.99. The predicted molar refractivity (Wildman–Crippen MR) is 74.0 cm³/mol. The number of hydrogen-bond acceptors (Lipinski definition) is 5. The predicted octanol–water partition coefficient (Wildman–Crippen LogP) is 3.58. The quantitative estimate of drug-likeness (QED) is 0.807. The van der Waals surface area contributed by atoms with E-state index in [1.165, 1.54) is 14.2 Å². The number of oxazole rings is 1. The van der Waals surface area contributed by atoms with Gasteiger partial charge in [-0.3, -0.25) is 0 Å². The number of benzene rings is 1. The van der Waals surface area contributed by atoms with E-state index in [2.05, 4.69) is 9.72 Å². The van der Waals surface area contributed by atoms with E-state index in [9.17, 15) is 4.79 Å². The topological polar surface area (TPSA) is 61.6 Å². The molecule has 5 nitrogen and oxygen atoms in total. The smallest absolute Gasteiger partial charge is 0.376 e. The van der Waals surface area contributed by atoms with Crippen molar-refractivity contribution in [3.8, 4) is 11.5 Å². The molecule has 2 aromatic rings. The van der Waals surface area contributed by atoms with Crippen molar-refractivity contribution in [2.24, 2.45) is 0 Å². The van der Waals surface area contributed by atoms with Gasteiger partial charge < -0.3 is 13.9 Å². The van der Waals surface area contributed by atoms with Gasteiger partial charge in [-0.2, -0.15) is 0 Å². The van der Waals surface area contributed by atoms with Gasteiger partial charge in [0.15, 0.2) is 0 Å². The third kappa shape index (κ3) is 2.95. The molecule has 0 N–H and O–H groups in total. The van der Waals surface area contributed by atoms with E-state index in [0.717, 1.165) is 0 Å². The molecule has 0 unspecified atom stereocenters. The Bertz CT molecular complexity index is 639. The number of nitrogens with zero attached hydrogens (tertiary/aromatic N) is 1. The van der Waals surface area contributed by atoms with Crippen LogP contribution in [0, 0.1) is 0 Å². The molecule has 106 valence electrons. The molecule has 0 radical (unpaired) electrons. The van der Waals surface area contributed by atoms with Gasteiger partial charge in [-0.05, 0) is 18.2 Å². The van der Waals surface area contributed by atoms with Crippen molar-refractivity contribution in [3.63, 3.8) is 0 Å². The molecule has 0 fully saturated rings. The van der Waals surface area contributed by atoms with Crippen LogP contribution in [0.4, 0.5) is 0 Å². The van der Waals surface area contributed by atoms with Gasteiger partial charge in [-0.15, -0.1) is 0 Å². The highest BCUT2D eigenvalue weighted by Gasteiger charge is 2.22. The van der Waals surface area contributed by atoms with Gasteiger partial charge in [0.2, 0.25) is 11.7 Å². The number of methoxy groups -OCH3 is 2. The second-order valence-corrected chi connectivity index (χ2v) is 4.69. The Morgan fingerprint density at radius 1 is 1.35 bits per heavy atom. The van der Waals surface area contributed by atoms with Gasteiger partial charge in [0, 0.05) is 12.1 Å². The minimum absolute atomic E-state index is 0.0135. The molecule has 0 saturated carbocycles. The summed E-state index contributed by atoms with van der Waals surface area (Å²) in [5.41, 5.74) is 0.831. The first kappa shape index (κ1) is 14.8. The average molecular weight is 316 g/mol. The molecule has 0 saturated heterocycles. The highest BCUT2D eigenvalue weighted by atomic mass is 35.5. The Morgan fingerprint density at radius 2 is 2.10 bits per heavy atom. The molecule has 20 heavy (non-hydrogen) atoms. The van der Waals surface area contributed by atoms with Crippen molar-refractivity contribution in [1.29, 1.82) is 0 Å². The summed E-state index contributed by atoms with van der Waals surface area (Å²) in [6, 6.07) is 4.87. The van der Waals surface area contributed by atoms with Crippen molar-refractivity contribution in [3.05, 3.63) is 39.7 Å². The largest absolute Gasteiger partial charge is 0.463 e. The summed E-state index contributed by atoms with van der Waals surface area (Å²) in [4.78, 5) is 15.8. The molecule has 0 spiro atoms. The summed E-state index contributed by atoms with van der Waals surface area (Å²) >= 11 is 12.0. The number of esters is 1. The molecule has 2 rings (SSSR count). The Labute approximate surface area is 125 Å². The summed E-state index contributed by atoms with van der Waals surface area (Å²) in [6.45, 7) is 0.117. The molecule has 0 atom stereocenters. The van der Waals surface area contributed by atoms with Gasteiger partial charge in [0.05, 0.1) is 24.3 Å². The van der Waals surface area contributed by atoms with Crippen LogP contribution >= 0.6 is 23.2 Å². The lowest BCUT2D eigenvalue weighted by atomic mass is 10.2. The molecule has 1 heterocycles.